The van der Waals surface area contributed by atoms with Crippen molar-refractivity contribution in [3.05, 3.63) is 0 Å². The van der Waals surface area contributed by atoms with Gasteiger partial charge in [0, 0.05) is 71.4 Å². The van der Waals surface area contributed by atoms with Crippen LogP contribution in [0.15, 0.2) is 0 Å². The number of hydrogen-bond donors (Lipinski definition) is 1. The van der Waals surface area contributed by atoms with E-state index in [1.54, 1.807) is 7.11 Å². The van der Waals surface area contributed by atoms with Crippen LogP contribution >= 0.6 is 11.8 Å². The van der Waals surface area contributed by atoms with E-state index < -0.39 is 6.04 Å². The number of methoxy groups -OCH3 is 1. The fourth-order valence-corrected chi connectivity index (χ4v) is 2.72. The molecule has 0 aromatic rings. The minimum atomic E-state index is -0.489. The topological polar surface area (TPSA) is 100 Å². The number of carbonyl (C=O) groups excluding carboxylic acids is 3. The molecule has 0 saturated heterocycles. The summed E-state index contributed by atoms with van der Waals surface area (Å²) in [7, 11) is 1.61. The number of ether oxygens (including phenoxy) is 4. The third-order valence-electron chi connectivity index (χ3n) is 3.64. The molecule has 0 heterocycles. The second-order valence-electron chi connectivity index (χ2n) is 6.18. The van der Waals surface area contributed by atoms with Crippen LogP contribution in [0.2, 0.25) is 0 Å². The Hall–Kier alpha value is 0.104. The van der Waals surface area contributed by atoms with Gasteiger partial charge < -0.3 is 24.3 Å². The number of thioether (sulfide) groups is 1. The molecule has 0 bridgehead atoms. The van der Waals surface area contributed by atoms with Crippen LogP contribution in [0.4, 0.5) is 0 Å². The van der Waals surface area contributed by atoms with Crippen LogP contribution in [0.25, 0.3) is 0 Å². The van der Waals surface area contributed by atoms with Gasteiger partial charge in [0.2, 0.25) is 5.91 Å². The van der Waals surface area contributed by atoms with Crippen LogP contribution in [-0.2, 0) is 66.0 Å². The van der Waals surface area contributed by atoms with E-state index in [4.69, 9.17) is 18.9 Å². The van der Waals surface area contributed by atoms with E-state index in [2.05, 4.69) is 5.32 Å². The van der Waals surface area contributed by atoms with Crippen LogP contribution in [-0.4, -0.2) is 88.9 Å². The Labute approximate surface area is 211 Å². The van der Waals surface area contributed by atoms with Crippen molar-refractivity contribution in [1.29, 1.82) is 0 Å². The van der Waals surface area contributed by atoms with E-state index in [0.29, 0.717) is 64.7 Å². The van der Waals surface area contributed by atoms with E-state index in [-0.39, 0.29) is 70.6 Å². The minimum Gasteiger partial charge on any atom is -0.382 e. The number of Topliss-reactive ketones (excluding diaryl/α,β-unsaturated/α-hetero) is 2. The SMILES string of the molecule is C.COCCOCCCC(=O)C(CSC)NC(=O)CCOCCOCCC(C)=O.[Y]. The maximum atomic E-state index is 12.3. The van der Waals surface area contributed by atoms with Crippen molar-refractivity contribution in [2.24, 2.45) is 0 Å². The molecule has 0 aliphatic rings. The molecular formula is C20H39NO7SY. The number of rotatable bonds is 20. The summed E-state index contributed by atoms with van der Waals surface area (Å²) in [4.78, 5) is 35.1. The molecule has 175 valence electrons. The fourth-order valence-electron chi connectivity index (χ4n) is 2.12. The maximum absolute atomic E-state index is 12.3. The average Bonchev–Trinajstić information content (AvgIpc) is 2.65. The molecule has 1 atom stereocenters. The first-order valence-corrected chi connectivity index (χ1v) is 10.9. The first-order chi connectivity index (χ1) is 13.5. The van der Waals surface area contributed by atoms with Gasteiger partial charge in [0.1, 0.15) is 5.78 Å². The molecule has 8 nitrogen and oxygen atoms in total. The Balaban J connectivity index is -0.00000364. The van der Waals surface area contributed by atoms with Crippen molar-refractivity contribution in [3.63, 3.8) is 0 Å². The summed E-state index contributed by atoms with van der Waals surface area (Å²) in [5, 5.41) is 2.78. The van der Waals surface area contributed by atoms with Crippen LogP contribution in [0, 0.1) is 0 Å². The number of hydrogen-bond acceptors (Lipinski definition) is 8. The molecule has 10 heteroatoms. The molecule has 1 radical (unpaired) electrons. The molecule has 1 amide bonds. The Bertz CT molecular complexity index is 441. The molecule has 1 unspecified atom stereocenters. The summed E-state index contributed by atoms with van der Waals surface area (Å²) in [6.07, 6.45) is 3.47. The summed E-state index contributed by atoms with van der Waals surface area (Å²) >= 11 is 1.52. The zero-order chi connectivity index (χ0) is 21.0. The number of nitrogens with one attached hydrogen (secondary N) is 1. The van der Waals surface area contributed by atoms with Crippen molar-refractivity contribution < 1.29 is 66.0 Å². The standard InChI is InChI=1S/C19H35NO7S.CH4.Y/c1-16(21)6-9-26-13-14-27-10-7-19(23)20-17(15-28-3)18(22)5-4-8-25-12-11-24-2;;/h17H,4-15H2,1-3H3,(H,20,23);1H4;. The van der Waals surface area contributed by atoms with E-state index in [0.717, 1.165) is 0 Å². The van der Waals surface area contributed by atoms with Gasteiger partial charge in [-0.15, -0.1) is 0 Å². The molecule has 0 rings (SSSR count). The maximum Gasteiger partial charge on any atom is 0.222 e. The normalized spacial score (nSPS) is 11.2. The molecule has 0 aliphatic carbocycles. The molecule has 0 aromatic carbocycles. The Morgan fingerprint density at radius 2 is 1.43 bits per heavy atom. The predicted octanol–water partition coefficient (Wildman–Crippen LogP) is 1.88. The van der Waals surface area contributed by atoms with Gasteiger partial charge in [0.15, 0.2) is 5.78 Å². The molecule has 0 spiro atoms. The zero-order valence-corrected chi connectivity index (χ0v) is 21.6. The van der Waals surface area contributed by atoms with Crippen molar-refractivity contribution in [3.8, 4) is 0 Å². The third-order valence-corrected chi connectivity index (χ3v) is 4.31. The van der Waals surface area contributed by atoms with Gasteiger partial charge in [-0.05, 0) is 19.6 Å². The van der Waals surface area contributed by atoms with Crippen molar-refractivity contribution in [2.45, 2.75) is 46.1 Å². The first kappa shape index (κ1) is 34.7. The summed E-state index contributed by atoms with van der Waals surface area (Å²) < 4.78 is 20.8. The van der Waals surface area contributed by atoms with Crippen molar-refractivity contribution in [2.75, 3.05) is 65.4 Å². The molecular weight excluding hydrogens is 487 g/mol. The van der Waals surface area contributed by atoms with Gasteiger partial charge >= 0.3 is 0 Å². The third kappa shape index (κ3) is 22.8. The fraction of sp³-hybridized carbons (Fsp3) is 0.850. The van der Waals surface area contributed by atoms with E-state index in [1.807, 2.05) is 6.26 Å². The van der Waals surface area contributed by atoms with Crippen LogP contribution in [0.5, 0.6) is 0 Å². The van der Waals surface area contributed by atoms with Crippen molar-refractivity contribution >= 4 is 29.2 Å². The van der Waals surface area contributed by atoms with Gasteiger partial charge in [-0.1, -0.05) is 7.43 Å². The first-order valence-electron chi connectivity index (χ1n) is 9.53. The van der Waals surface area contributed by atoms with Crippen LogP contribution < -0.4 is 5.32 Å². The Kier molecular flexibility index (Phi) is 29.3. The van der Waals surface area contributed by atoms with Gasteiger partial charge in [0.25, 0.3) is 0 Å². The summed E-state index contributed by atoms with van der Waals surface area (Å²) in [6, 6.07) is -0.489. The van der Waals surface area contributed by atoms with Gasteiger partial charge in [-0.2, -0.15) is 11.8 Å². The van der Waals surface area contributed by atoms with Crippen LogP contribution in [0.3, 0.4) is 0 Å². The largest absolute Gasteiger partial charge is 0.382 e. The molecule has 0 aromatic heterocycles. The monoisotopic (exact) mass is 526 g/mol. The summed E-state index contributed by atoms with van der Waals surface area (Å²) in [5.41, 5.74) is 0. The molecule has 30 heavy (non-hydrogen) atoms. The van der Waals surface area contributed by atoms with Gasteiger partial charge in [-0.25, -0.2) is 0 Å². The zero-order valence-electron chi connectivity index (χ0n) is 17.9. The molecule has 0 aliphatic heterocycles. The predicted molar refractivity (Wildman–Crippen MR) is 116 cm³/mol. The summed E-state index contributed by atoms with van der Waals surface area (Å²) in [6.45, 7) is 4.45. The van der Waals surface area contributed by atoms with Gasteiger partial charge in [0.05, 0.1) is 45.7 Å². The molecule has 1 N–H and O–H groups in total. The Morgan fingerprint density at radius 1 is 0.867 bits per heavy atom. The molecule has 0 saturated carbocycles. The number of carbonyl (C=O) groups is 3. The van der Waals surface area contributed by atoms with E-state index >= 15 is 0 Å². The van der Waals surface area contributed by atoms with Gasteiger partial charge in [-0.3, -0.25) is 14.4 Å². The Morgan fingerprint density at radius 3 is 2.00 bits per heavy atom. The van der Waals surface area contributed by atoms with E-state index in [9.17, 15) is 14.4 Å². The number of ketones is 2. The summed E-state index contributed by atoms with van der Waals surface area (Å²) in [5.74, 6) is 0.435. The van der Waals surface area contributed by atoms with Crippen LogP contribution in [0.1, 0.15) is 40.0 Å². The smallest absolute Gasteiger partial charge is 0.222 e. The van der Waals surface area contributed by atoms with Crippen molar-refractivity contribution in [1.82, 2.24) is 5.32 Å². The minimum absolute atomic E-state index is 0. The second-order valence-corrected chi connectivity index (χ2v) is 7.09. The number of amides is 1. The molecule has 0 fully saturated rings. The average molecular weight is 527 g/mol. The van der Waals surface area contributed by atoms with E-state index in [1.165, 1.54) is 18.7 Å². The second kappa shape index (κ2) is 25.4. The quantitative estimate of drug-likeness (QED) is 0.240.